The number of rotatable bonds is 2. The molecular weight excluding hydrogens is 202 g/mol. The Morgan fingerprint density at radius 1 is 1.50 bits per heavy atom. The van der Waals surface area contributed by atoms with Crippen molar-refractivity contribution in [3.05, 3.63) is 12.7 Å². The monoisotopic (exact) mass is 225 g/mol. The van der Waals surface area contributed by atoms with Crippen molar-refractivity contribution in [1.82, 2.24) is 5.32 Å². The Kier molecular flexibility index (Phi) is 3.48. The quantitative estimate of drug-likeness (QED) is 0.578. The number of nitrogens with one attached hydrogen (secondary N) is 1. The van der Waals surface area contributed by atoms with Gasteiger partial charge in [-0.25, -0.2) is 0 Å². The minimum atomic E-state index is -0.429. The van der Waals surface area contributed by atoms with Gasteiger partial charge in [0.2, 0.25) is 0 Å². The van der Waals surface area contributed by atoms with E-state index in [0.717, 1.165) is 6.54 Å². The third-order valence-electron chi connectivity index (χ3n) is 2.96. The molecule has 1 N–H and O–H groups in total. The molecule has 16 heavy (non-hydrogen) atoms. The van der Waals surface area contributed by atoms with Crippen LogP contribution in [0.5, 0.6) is 0 Å². The van der Waals surface area contributed by atoms with Crippen LogP contribution in [0.25, 0.3) is 0 Å². The van der Waals surface area contributed by atoms with E-state index in [-0.39, 0.29) is 23.3 Å². The zero-order valence-electron chi connectivity index (χ0n) is 11.0. The van der Waals surface area contributed by atoms with Crippen molar-refractivity contribution < 1.29 is 9.53 Å². The number of ether oxygens (including phenoxy) is 1. The van der Waals surface area contributed by atoms with Crippen LogP contribution < -0.4 is 5.32 Å². The van der Waals surface area contributed by atoms with Gasteiger partial charge in [0, 0.05) is 18.0 Å². The van der Waals surface area contributed by atoms with E-state index in [4.69, 9.17) is 4.74 Å². The first-order chi connectivity index (χ1) is 7.17. The standard InChI is InChI=1S/C13H23NO2/c1-7-9-8-14-13(5,6)10(9)11(15)16-12(2,3)4/h7,9-10,14H,1,8H2,2-6H3/t9?,10-/m1/s1. The van der Waals surface area contributed by atoms with E-state index in [2.05, 4.69) is 11.9 Å². The summed E-state index contributed by atoms with van der Waals surface area (Å²) < 4.78 is 5.46. The van der Waals surface area contributed by atoms with E-state index < -0.39 is 5.60 Å². The molecular formula is C13H23NO2. The van der Waals surface area contributed by atoms with E-state index in [0.29, 0.717) is 0 Å². The lowest BCUT2D eigenvalue weighted by atomic mass is 9.82. The van der Waals surface area contributed by atoms with Crippen LogP contribution in [0.15, 0.2) is 12.7 Å². The SMILES string of the molecule is C=CC1CNC(C)(C)[C@H]1C(=O)OC(C)(C)C. The van der Waals surface area contributed by atoms with Gasteiger partial charge in [0.15, 0.2) is 0 Å². The maximum Gasteiger partial charge on any atom is 0.311 e. The van der Waals surface area contributed by atoms with Crippen molar-refractivity contribution in [3.8, 4) is 0 Å². The molecule has 1 fully saturated rings. The fourth-order valence-electron chi connectivity index (χ4n) is 2.20. The second kappa shape index (κ2) is 4.21. The molecule has 1 aliphatic heterocycles. The number of hydrogen-bond donors (Lipinski definition) is 1. The second-order valence-corrected chi connectivity index (χ2v) is 6.01. The molecule has 1 unspecified atom stereocenters. The Hall–Kier alpha value is -0.830. The summed E-state index contributed by atoms with van der Waals surface area (Å²) in [6.45, 7) is 14.3. The molecule has 0 spiro atoms. The highest BCUT2D eigenvalue weighted by atomic mass is 16.6. The molecule has 3 heteroatoms. The molecule has 0 aromatic heterocycles. The minimum Gasteiger partial charge on any atom is -0.460 e. The van der Waals surface area contributed by atoms with E-state index >= 15 is 0 Å². The van der Waals surface area contributed by atoms with Gasteiger partial charge in [-0.2, -0.15) is 0 Å². The molecule has 0 radical (unpaired) electrons. The van der Waals surface area contributed by atoms with Gasteiger partial charge in [0.25, 0.3) is 0 Å². The highest BCUT2D eigenvalue weighted by Crippen LogP contribution is 2.33. The smallest absolute Gasteiger partial charge is 0.311 e. The lowest BCUT2D eigenvalue weighted by Gasteiger charge is -2.30. The summed E-state index contributed by atoms with van der Waals surface area (Å²) in [5.41, 5.74) is -0.650. The van der Waals surface area contributed by atoms with Crippen molar-refractivity contribution in [2.45, 2.75) is 45.8 Å². The summed E-state index contributed by atoms with van der Waals surface area (Å²) in [5, 5.41) is 3.34. The molecule has 1 aliphatic rings. The van der Waals surface area contributed by atoms with Crippen LogP contribution in [-0.2, 0) is 9.53 Å². The van der Waals surface area contributed by atoms with Crippen LogP contribution in [-0.4, -0.2) is 23.7 Å². The van der Waals surface area contributed by atoms with Crippen LogP contribution in [0, 0.1) is 11.8 Å². The van der Waals surface area contributed by atoms with Gasteiger partial charge < -0.3 is 10.1 Å². The summed E-state index contributed by atoms with van der Waals surface area (Å²) in [5.74, 6) is -0.124. The first kappa shape index (κ1) is 13.2. The molecule has 0 aliphatic carbocycles. The zero-order valence-corrected chi connectivity index (χ0v) is 11.0. The van der Waals surface area contributed by atoms with Crippen LogP contribution in [0.1, 0.15) is 34.6 Å². The number of carbonyl (C=O) groups is 1. The van der Waals surface area contributed by atoms with Gasteiger partial charge in [-0.05, 0) is 34.6 Å². The van der Waals surface area contributed by atoms with Gasteiger partial charge in [0.05, 0.1) is 5.92 Å². The van der Waals surface area contributed by atoms with Crippen LogP contribution in [0.2, 0.25) is 0 Å². The van der Waals surface area contributed by atoms with E-state index in [9.17, 15) is 4.79 Å². The van der Waals surface area contributed by atoms with E-state index in [1.807, 2.05) is 40.7 Å². The number of carbonyl (C=O) groups excluding carboxylic acids is 1. The molecule has 0 aromatic carbocycles. The average molecular weight is 225 g/mol. The second-order valence-electron chi connectivity index (χ2n) is 6.01. The fourth-order valence-corrected chi connectivity index (χ4v) is 2.20. The van der Waals surface area contributed by atoms with E-state index in [1.165, 1.54) is 0 Å². The van der Waals surface area contributed by atoms with Crippen molar-refractivity contribution in [1.29, 1.82) is 0 Å². The lowest BCUT2D eigenvalue weighted by Crippen LogP contribution is -2.44. The zero-order chi connectivity index (χ0) is 12.6. The molecule has 2 atom stereocenters. The maximum absolute atomic E-state index is 12.1. The van der Waals surface area contributed by atoms with Gasteiger partial charge in [-0.3, -0.25) is 4.79 Å². The van der Waals surface area contributed by atoms with Crippen LogP contribution >= 0.6 is 0 Å². The largest absolute Gasteiger partial charge is 0.460 e. The third-order valence-corrected chi connectivity index (χ3v) is 2.96. The highest BCUT2D eigenvalue weighted by molar-refractivity contribution is 5.75. The molecule has 3 nitrogen and oxygen atoms in total. The van der Waals surface area contributed by atoms with Gasteiger partial charge in [-0.15, -0.1) is 6.58 Å². The molecule has 1 heterocycles. The fraction of sp³-hybridized carbons (Fsp3) is 0.769. The van der Waals surface area contributed by atoms with Crippen LogP contribution in [0.3, 0.4) is 0 Å². The maximum atomic E-state index is 12.1. The molecule has 0 saturated carbocycles. The Balaban J connectivity index is 2.83. The predicted molar refractivity (Wildman–Crippen MR) is 65.1 cm³/mol. The average Bonchev–Trinajstić information content (AvgIpc) is 2.37. The molecule has 0 aromatic rings. The summed E-state index contributed by atoms with van der Waals surface area (Å²) in [4.78, 5) is 12.1. The minimum absolute atomic E-state index is 0.132. The molecule has 92 valence electrons. The Morgan fingerprint density at radius 3 is 2.50 bits per heavy atom. The first-order valence-electron chi connectivity index (χ1n) is 5.78. The predicted octanol–water partition coefficient (Wildman–Crippen LogP) is 2.13. The van der Waals surface area contributed by atoms with E-state index in [1.54, 1.807) is 0 Å². The summed E-state index contributed by atoms with van der Waals surface area (Å²) in [6.07, 6.45) is 1.84. The molecule has 1 saturated heterocycles. The Labute approximate surface area is 98.2 Å². The van der Waals surface area contributed by atoms with Crippen molar-refractivity contribution in [3.63, 3.8) is 0 Å². The molecule has 0 bridgehead atoms. The normalized spacial score (nSPS) is 28.8. The summed E-state index contributed by atoms with van der Waals surface area (Å²) in [6, 6.07) is 0. The van der Waals surface area contributed by atoms with Gasteiger partial charge in [0.1, 0.15) is 5.60 Å². The number of hydrogen-bond acceptors (Lipinski definition) is 3. The summed E-state index contributed by atoms with van der Waals surface area (Å²) in [7, 11) is 0. The van der Waals surface area contributed by atoms with Gasteiger partial charge >= 0.3 is 5.97 Å². The van der Waals surface area contributed by atoms with Crippen molar-refractivity contribution in [2.75, 3.05) is 6.54 Å². The van der Waals surface area contributed by atoms with Gasteiger partial charge in [-0.1, -0.05) is 6.08 Å². The Bertz CT molecular complexity index is 289. The number of esters is 1. The van der Waals surface area contributed by atoms with Crippen LogP contribution in [0.4, 0.5) is 0 Å². The Morgan fingerprint density at radius 2 is 2.06 bits per heavy atom. The van der Waals surface area contributed by atoms with Crippen molar-refractivity contribution >= 4 is 5.97 Å². The highest BCUT2D eigenvalue weighted by Gasteiger charge is 2.46. The summed E-state index contributed by atoms with van der Waals surface area (Å²) >= 11 is 0. The molecule has 1 rings (SSSR count). The lowest BCUT2D eigenvalue weighted by molar-refractivity contribution is -0.162. The van der Waals surface area contributed by atoms with Crippen molar-refractivity contribution in [2.24, 2.45) is 11.8 Å². The topological polar surface area (TPSA) is 38.3 Å². The molecule has 0 amide bonds. The third kappa shape index (κ3) is 2.85. The first-order valence-corrected chi connectivity index (χ1v) is 5.78.